The lowest BCUT2D eigenvalue weighted by atomic mass is 10.3. The molecule has 0 saturated heterocycles. The first-order valence-corrected chi connectivity index (χ1v) is 5.62. The van der Waals surface area contributed by atoms with Crippen molar-refractivity contribution in [3.8, 4) is 17.4 Å². The monoisotopic (exact) mass is 291 g/mol. The molecule has 0 saturated carbocycles. The van der Waals surface area contributed by atoms with Crippen LogP contribution in [0.5, 0.6) is 17.4 Å². The summed E-state index contributed by atoms with van der Waals surface area (Å²) in [6.07, 6.45) is 1.29. The fourth-order valence-corrected chi connectivity index (χ4v) is 1.56. The number of hydrogen-bond acceptors (Lipinski definition) is 7. The summed E-state index contributed by atoms with van der Waals surface area (Å²) in [4.78, 5) is 24.2. The van der Waals surface area contributed by atoms with E-state index in [1.165, 1.54) is 37.6 Å². The largest absolute Gasteiger partial charge is 0.496 e. The zero-order valence-corrected chi connectivity index (χ0v) is 10.8. The number of nitro groups is 2. The summed E-state index contributed by atoms with van der Waals surface area (Å²) in [6.45, 7) is 0. The van der Waals surface area contributed by atoms with Gasteiger partial charge in [0.05, 0.1) is 23.0 Å². The van der Waals surface area contributed by atoms with Gasteiger partial charge in [-0.25, -0.2) is 4.98 Å². The van der Waals surface area contributed by atoms with Gasteiger partial charge in [0, 0.05) is 12.3 Å². The topological polar surface area (TPSA) is 118 Å². The Morgan fingerprint density at radius 1 is 1.10 bits per heavy atom. The van der Waals surface area contributed by atoms with Crippen molar-refractivity contribution in [2.45, 2.75) is 0 Å². The molecule has 1 aromatic carbocycles. The summed E-state index contributed by atoms with van der Waals surface area (Å²) in [5.74, 6) is -0.220. The zero-order valence-electron chi connectivity index (χ0n) is 10.8. The number of aromatic nitrogens is 1. The maximum Gasteiger partial charge on any atom is 0.331 e. The third kappa shape index (κ3) is 3.03. The van der Waals surface area contributed by atoms with E-state index in [0.29, 0.717) is 0 Å². The van der Waals surface area contributed by atoms with E-state index in [1.54, 1.807) is 0 Å². The molecule has 0 atom stereocenters. The second-order valence-corrected chi connectivity index (χ2v) is 3.78. The number of methoxy groups -OCH3 is 1. The third-order valence-electron chi connectivity index (χ3n) is 2.52. The van der Waals surface area contributed by atoms with Crippen molar-refractivity contribution in [2.24, 2.45) is 0 Å². The van der Waals surface area contributed by atoms with E-state index >= 15 is 0 Å². The number of hydrogen-bond donors (Lipinski definition) is 0. The van der Waals surface area contributed by atoms with Gasteiger partial charge in [0.15, 0.2) is 0 Å². The Bertz CT molecular complexity index is 703. The molecule has 0 spiro atoms. The maximum atomic E-state index is 11.0. The third-order valence-corrected chi connectivity index (χ3v) is 2.52. The van der Waals surface area contributed by atoms with Crippen LogP contribution in [0, 0.1) is 20.2 Å². The van der Waals surface area contributed by atoms with Crippen LogP contribution in [0.15, 0.2) is 36.5 Å². The molecule has 0 aliphatic rings. The Morgan fingerprint density at radius 3 is 2.43 bits per heavy atom. The van der Waals surface area contributed by atoms with Crippen molar-refractivity contribution in [3.63, 3.8) is 0 Å². The second kappa shape index (κ2) is 5.82. The molecule has 0 fully saturated rings. The molecule has 0 aliphatic heterocycles. The van der Waals surface area contributed by atoms with Gasteiger partial charge in [0.2, 0.25) is 5.75 Å². The minimum atomic E-state index is -0.683. The van der Waals surface area contributed by atoms with Crippen molar-refractivity contribution in [2.75, 3.05) is 7.11 Å². The molecule has 1 heterocycles. The Balaban J connectivity index is 2.45. The van der Waals surface area contributed by atoms with E-state index in [1.807, 2.05) is 0 Å². The van der Waals surface area contributed by atoms with Gasteiger partial charge in [-0.15, -0.1) is 0 Å². The smallest absolute Gasteiger partial charge is 0.331 e. The summed E-state index contributed by atoms with van der Waals surface area (Å²) in [5, 5.41) is 21.9. The van der Waals surface area contributed by atoms with Crippen LogP contribution in [0.4, 0.5) is 11.4 Å². The number of nitrogens with zero attached hydrogens (tertiary/aromatic N) is 3. The molecule has 2 aromatic rings. The number of benzene rings is 1. The van der Waals surface area contributed by atoms with Crippen LogP contribution < -0.4 is 9.47 Å². The Morgan fingerprint density at radius 2 is 1.81 bits per heavy atom. The molecule has 108 valence electrons. The van der Waals surface area contributed by atoms with E-state index in [9.17, 15) is 20.2 Å². The Labute approximate surface area is 118 Å². The molecule has 21 heavy (non-hydrogen) atoms. The zero-order chi connectivity index (χ0) is 15.4. The highest BCUT2D eigenvalue weighted by Crippen LogP contribution is 2.36. The van der Waals surface area contributed by atoms with Gasteiger partial charge in [0.1, 0.15) is 5.75 Å². The van der Waals surface area contributed by atoms with Gasteiger partial charge in [-0.05, 0) is 18.2 Å². The lowest BCUT2D eigenvalue weighted by Gasteiger charge is -2.07. The highest BCUT2D eigenvalue weighted by molar-refractivity contribution is 5.53. The minimum Gasteiger partial charge on any atom is -0.496 e. The second-order valence-electron chi connectivity index (χ2n) is 3.78. The van der Waals surface area contributed by atoms with E-state index in [-0.39, 0.29) is 28.8 Å². The van der Waals surface area contributed by atoms with Crippen molar-refractivity contribution in [1.82, 2.24) is 4.98 Å². The van der Waals surface area contributed by atoms with Crippen LogP contribution >= 0.6 is 0 Å². The first-order chi connectivity index (χ1) is 10.0. The van der Waals surface area contributed by atoms with Gasteiger partial charge in [-0.3, -0.25) is 20.2 Å². The quantitative estimate of drug-likeness (QED) is 0.613. The van der Waals surface area contributed by atoms with Gasteiger partial charge in [-0.2, -0.15) is 0 Å². The highest BCUT2D eigenvalue weighted by Gasteiger charge is 2.22. The summed E-state index contributed by atoms with van der Waals surface area (Å²) in [6, 6.07) is 6.45. The van der Waals surface area contributed by atoms with E-state index in [4.69, 9.17) is 9.47 Å². The SMILES string of the molecule is COc1ccc(Oc2ncccc2[N+](=O)[O-])c([N+](=O)[O-])c1. The van der Waals surface area contributed by atoms with E-state index in [0.717, 1.165) is 6.07 Å². The predicted molar refractivity (Wildman–Crippen MR) is 70.6 cm³/mol. The Kier molecular flexibility index (Phi) is 3.93. The summed E-state index contributed by atoms with van der Waals surface area (Å²) >= 11 is 0. The molecule has 0 amide bonds. The molecule has 1 aromatic heterocycles. The molecule has 0 unspecified atom stereocenters. The molecule has 0 bridgehead atoms. The van der Waals surface area contributed by atoms with Gasteiger partial charge in [-0.1, -0.05) is 0 Å². The highest BCUT2D eigenvalue weighted by atomic mass is 16.6. The first kappa shape index (κ1) is 14.2. The fourth-order valence-electron chi connectivity index (χ4n) is 1.56. The standard InChI is InChI=1S/C12H9N3O6/c1-20-8-4-5-11(10(7-8)15(18)19)21-12-9(14(16)17)3-2-6-13-12/h2-7H,1H3. The molecule has 2 rings (SSSR count). The number of nitro benzene ring substituents is 1. The number of ether oxygens (including phenoxy) is 2. The normalized spacial score (nSPS) is 9.95. The Hall–Kier alpha value is -3.23. The first-order valence-electron chi connectivity index (χ1n) is 5.62. The molecule has 0 N–H and O–H groups in total. The molecule has 0 radical (unpaired) electrons. The van der Waals surface area contributed by atoms with Gasteiger partial charge < -0.3 is 9.47 Å². The summed E-state index contributed by atoms with van der Waals surface area (Å²) in [5.41, 5.74) is -0.767. The van der Waals surface area contributed by atoms with Crippen LogP contribution in [0.3, 0.4) is 0 Å². The van der Waals surface area contributed by atoms with E-state index in [2.05, 4.69) is 4.98 Å². The van der Waals surface area contributed by atoms with Crippen molar-refractivity contribution >= 4 is 11.4 Å². The van der Waals surface area contributed by atoms with E-state index < -0.39 is 9.85 Å². The average Bonchev–Trinajstić information content (AvgIpc) is 2.47. The van der Waals surface area contributed by atoms with Crippen LogP contribution in [-0.2, 0) is 0 Å². The molecular formula is C12H9N3O6. The lowest BCUT2D eigenvalue weighted by Crippen LogP contribution is -1.98. The van der Waals surface area contributed by atoms with Crippen LogP contribution in [0.25, 0.3) is 0 Å². The fraction of sp³-hybridized carbons (Fsp3) is 0.0833. The minimum absolute atomic E-state index is 0.164. The van der Waals surface area contributed by atoms with Crippen molar-refractivity contribution < 1.29 is 19.3 Å². The molecule has 0 aliphatic carbocycles. The van der Waals surface area contributed by atoms with Crippen molar-refractivity contribution in [1.29, 1.82) is 0 Å². The number of pyridine rings is 1. The molecule has 9 nitrogen and oxygen atoms in total. The average molecular weight is 291 g/mol. The van der Waals surface area contributed by atoms with Gasteiger partial charge >= 0.3 is 11.4 Å². The van der Waals surface area contributed by atoms with Crippen LogP contribution in [0.2, 0.25) is 0 Å². The van der Waals surface area contributed by atoms with Crippen molar-refractivity contribution in [3.05, 3.63) is 56.8 Å². The van der Waals surface area contributed by atoms with Crippen LogP contribution in [0.1, 0.15) is 0 Å². The van der Waals surface area contributed by atoms with Gasteiger partial charge in [0.25, 0.3) is 5.88 Å². The lowest BCUT2D eigenvalue weighted by molar-refractivity contribution is -0.387. The molecular weight excluding hydrogens is 282 g/mol. The maximum absolute atomic E-state index is 11.0. The summed E-state index contributed by atoms with van der Waals surface area (Å²) in [7, 11) is 1.36. The number of rotatable bonds is 5. The molecule has 9 heteroatoms. The summed E-state index contributed by atoms with van der Waals surface area (Å²) < 4.78 is 10.1. The van der Waals surface area contributed by atoms with Crippen LogP contribution in [-0.4, -0.2) is 21.9 Å². The predicted octanol–water partition coefficient (Wildman–Crippen LogP) is 2.70.